The van der Waals surface area contributed by atoms with Crippen molar-refractivity contribution in [1.82, 2.24) is 9.97 Å². The first kappa shape index (κ1) is 20.4. The largest absolute Gasteiger partial charge is 0.493 e. The third-order valence-corrected chi connectivity index (χ3v) is 6.74. The molecule has 0 atom stereocenters. The van der Waals surface area contributed by atoms with E-state index in [4.69, 9.17) is 9.47 Å². The van der Waals surface area contributed by atoms with Crippen LogP contribution in [0.3, 0.4) is 0 Å². The van der Waals surface area contributed by atoms with Gasteiger partial charge in [-0.2, -0.15) is 0 Å². The van der Waals surface area contributed by atoms with Gasteiger partial charge in [-0.05, 0) is 54.8 Å². The van der Waals surface area contributed by atoms with Crippen LogP contribution in [0.5, 0.6) is 5.75 Å². The molecule has 1 aliphatic rings. The topological polar surface area (TPSA) is 98.6 Å². The third-order valence-electron chi connectivity index (χ3n) is 5.66. The summed E-state index contributed by atoms with van der Waals surface area (Å²) in [5.41, 5.74) is 5.75. The molecule has 32 heavy (non-hydrogen) atoms. The van der Waals surface area contributed by atoms with E-state index in [0.29, 0.717) is 23.4 Å². The Morgan fingerprint density at radius 2 is 2.12 bits per heavy atom. The molecule has 2 aromatic carbocycles. The third kappa shape index (κ3) is 3.27. The van der Waals surface area contributed by atoms with Crippen molar-refractivity contribution >= 4 is 44.4 Å². The summed E-state index contributed by atoms with van der Waals surface area (Å²) < 4.78 is 11.8. The minimum absolute atomic E-state index is 0.00737. The molecule has 0 fully saturated rings. The molecule has 0 saturated heterocycles. The number of carboxylic acid groups (broad SMARTS) is 1. The number of aromatic carboxylic acids is 1. The zero-order valence-corrected chi connectivity index (χ0v) is 18.4. The Labute approximate surface area is 187 Å². The van der Waals surface area contributed by atoms with Gasteiger partial charge in [0.15, 0.2) is 0 Å². The number of carboxylic acids is 1. The van der Waals surface area contributed by atoms with E-state index in [1.807, 2.05) is 31.2 Å². The molecule has 1 N–H and O–H groups in total. The quantitative estimate of drug-likeness (QED) is 0.447. The summed E-state index contributed by atoms with van der Waals surface area (Å²) in [4.78, 5) is 33.1. The van der Waals surface area contributed by atoms with Crippen LogP contribution in [0.15, 0.2) is 30.5 Å². The number of aryl methyl sites for hydroxylation is 1. The van der Waals surface area contributed by atoms with Gasteiger partial charge in [0.05, 0.1) is 35.4 Å². The first-order valence-electron chi connectivity index (χ1n) is 10.3. The van der Waals surface area contributed by atoms with Crippen LogP contribution in [0.1, 0.15) is 33.4 Å². The molecule has 0 aliphatic carbocycles. The maximum atomic E-state index is 12.5. The fourth-order valence-corrected chi connectivity index (χ4v) is 5.27. The van der Waals surface area contributed by atoms with E-state index in [1.165, 1.54) is 0 Å². The average molecular weight is 449 g/mol. The maximum absolute atomic E-state index is 12.5. The van der Waals surface area contributed by atoms with Gasteiger partial charge in [-0.25, -0.2) is 9.78 Å². The van der Waals surface area contributed by atoms with Crippen molar-refractivity contribution in [3.63, 3.8) is 0 Å². The second-order valence-electron chi connectivity index (χ2n) is 7.60. The molecule has 0 spiro atoms. The van der Waals surface area contributed by atoms with Crippen molar-refractivity contribution in [2.45, 2.75) is 26.7 Å². The second kappa shape index (κ2) is 7.87. The van der Waals surface area contributed by atoms with Crippen molar-refractivity contribution in [3.8, 4) is 16.9 Å². The molecule has 1 aliphatic heterocycles. The van der Waals surface area contributed by atoms with E-state index in [0.717, 1.165) is 62.2 Å². The predicted molar refractivity (Wildman–Crippen MR) is 122 cm³/mol. The molecule has 7 nitrogen and oxygen atoms in total. The lowest BCUT2D eigenvalue weighted by Crippen LogP contribution is -2.11. The van der Waals surface area contributed by atoms with Gasteiger partial charge in [0.25, 0.3) is 0 Å². The minimum atomic E-state index is -1.08. The first-order valence-corrected chi connectivity index (χ1v) is 11.1. The van der Waals surface area contributed by atoms with Crippen LogP contribution in [-0.2, 0) is 22.4 Å². The molecule has 4 aromatic rings. The van der Waals surface area contributed by atoms with E-state index >= 15 is 0 Å². The molecule has 2 aromatic heterocycles. The average Bonchev–Trinajstić information content (AvgIpc) is 3.19. The van der Waals surface area contributed by atoms with Gasteiger partial charge >= 0.3 is 11.9 Å². The standard InChI is InChI=1S/C24H20N2O5S/c1-3-30-18(27)11-15-12(2)10-16-22(32-23(26-16)24(28)29)20(15)14-4-5-17-19-13(7-9-31-17)6-8-25-21(14)19/h4-6,8,10H,3,7,9,11H2,1-2H3,(H,28,29). The van der Waals surface area contributed by atoms with Gasteiger partial charge in [0, 0.05) is 29.1 Å². The SMILES string of the molecule is CCOC(=O)Cc1c(C)cc2nc(C(=O)O)sc2c1-c1ccc2c3c(ccnc13)CCO2. The number of esters is 1. The number of carbonyl (C=O) groups is 2. The van der Waals surface area contributed by atoms with Crippen molar-refractivity contribution in [3.05, 3.63) is 52.2 Å². The van der Waals surface area contributed by atoms with Crippen LogP contribution in [0, 0.1) is 6.92 Å². The van der Waals surface area contributed by atoms with E-state index in [1.54, 1.807) is 13.1 Å². The summed E-state index contributed by atoms with van der Waals surface area (Å²) in [5, 5.41) is 10.5. The number of thiazole rings is 1. The van der Waals surface area contributed by atoms with Crippen LogP contribution in [-0.4, -0.2) is 40.2 Å². The zero-order chi connectivity index (χ0) is 22.4. The normalized spacial score (nSPS) is 12.7. The van der Waals surface area contributed by atoms with E-state index < -0.39 is 5.97 Å². The van der Waals surface area contributed by atoms with Gasteiger partial charge in [-0.1, -0.05) is 0 Å². The zero-order valence-electron chi connectivity index (χ0n) is 17.6. The highest BCUT2D eigenvalue weighted by Crippen LogP contribution is 2.43. The minimum Gasteiger partial charge on any atom is -0.493 e. The number of nitrogens with zero attached hydrogens (tertiary/aromatic N) is 2. The number of hydrogen-bond acceptors (Lipinski definition) is 7. The second-order valence-corrected chi connectivity index (χ2v) is 8.60. The molecule has 0 unspecified atom stereocenters. The highest BCUT2D eigenvalue weighted by Gasteiger charge is 2.25. The van der Waals surface area contributed by atoms with Crippen molar-refractivity contribution in [2.75, 3.05) is 13.2 Å². The van der Waals surface area contributed by atoms with Crippen molar-refractivity contribution in [2.24, 2.45) is 0 Å². The number of pyridine rings is 1. The highest BCUT2D eigenvalue weighted by molar-refractivity contribution is 7.20. The lowest BCUT2D eigenvalue weighted by atomic mass is 9.90. The number of hydrogen-bond donors (Lipinski definition) is 1. The maximum Gasteiger partial charge on any atom is 0.365 e. The molecule has 0 bridgehead atoms. The molecular weight excluding hydrogens is 428 g/mol. The van der Waals surface area contributed by atoms with E-state index in [-0.39, 0.29) is 17.4 Å². The highest BCUT2D eigenvalue weighted by atomic mass is 32.1. The molecule has 162 valence electrons. The number of benzene rings is 2. The Kier molecular flexibility index (Phi) is 5.01. The molecular formula is C24H20N2O5S. The molecule has 3 heterocycles. The lowest BCUT2D eigenvalue weighted by Gasteiger charge is -2.21. The van der Waals surface area contributed by atoms with Gasteiger partial charge in [-0.15, -0.1) is 11.3 Å². The van der Waals surface area contributed by atoms with Gasteiger partial charge in [-0.3, -0.25) is 9.78 Å². The summed E-state index contributed by atoms with van der Waals surface area (Å²) in [5.74, 6) is -0.632. The molecule has 5 rings (SSSR count). The Hall–Kier alpha value is -3.52. The van der Waals surface area contributed by atoms with Crippen LogP contribution in [0.2, 0.25) is 0 Å². The first-order chi connectivity index (χ1) is 15.5. The fourth-order valence-electron chi connectivity index (χ4n) is 4.30. The number of fused-ring (bicyclic) bond motifs is 1. The Morgan fingerprint density at radius 1 is 1.28 bits per heavy atom. The van der Waals surface area contributed by atoms with Crippen molar-refractivity contribution in [1.29, 1.82) is 0 Å². The van der Waals surface area contributed by atoms with Crippen LogP contribution >= 0.6 is 11.3 Å². The van der Waals surface area contributed by atoms with Gasteiger partial charge in [0.1, 0.15) is 5.75 Å². The lowest BCUT2D eigenvalue weighted by molar-refractivity contribution is -0.142. The number of aromatic nitrogens is 2. The number of ether oxygens (including phenoxy) is 2. The van der Waals surface area contributed by atoms with Crippen LogP contribution in [0.4, 0.5) is 0 Å². The Bertz CT molecular complexity index is 1400. The summed E-state index contributed by atoms with van der Waals surface area (Å²) in [6.45, 7) is 4.58. The fraction of sp³-hybridized carbons (Fsp3) is 0.250. The monoisotopic (exact) mass is 448 g/mol. The molecule has 0 saturated carbocycles. The Morgan fingerprint density at radius 3 is 2.91 bits per heavy atom. The van der Waals surface area contributed by atoms with Crippen molar-refractivity contribution < 1.29 is 24.2 Å². The number of carbonyl (C=O) groups excluding carboxylic acids is 1. The molecule has 8 heteroatoms. The Balaban J connectivity index is 1.85. The predicted octanol–water partition coefficient (Wildman–Crippen LogP) is 4.56. The molecule has 0 radical (unpaired) electrons. The number of rotatable bonds is 5. The smallest absolute Gasteiger partial charge is 0.365 e. The van der Waals surface area contributed by atoms with Crippen LogP contribution < -0.4 is 4.74 Å². The molecule has 0 amide bonds. The van der Waals surface area contributed by atoms with E-state index in [9.17, 15) is 14.7 Å². The summed E-state index contributed by atoms with van der Waals surface area (Å²) in [7, 11) is 0. The summed E-state index contributed by atoms with van der Waals surface area (Å²) in [6, 6.07) is 7.68. The van der Waals surface area contributed by atoms with Gasteiger partial charge < -0.3 is 14.6 Å². The van der Waals surface area contributed by atoms with E-state index in [2.05, 4.69) is 9.97 Å². The van der Waals surface area contributed by atoms with Gasteiger partial charge in [0.2, 0.25) is 5.01 Å². The summed E-state index contributed by atoms with van der Waals surface area (Å²) in [6.07, 6.45) is 2.65. The van der Waals surface area contributed by atoms with Crippen LogP contribution in [0.25, 0.3) is 32.2 Å². The summed E-state index contributed by atoms with van der Waals surface area (Å²) >= 11 is 1.11.